The van der Waals surface area contributed by atoms with Gasteiger partial charge in [0.15, 0.2) is 5.65 Å². The number of carbonyl (C=O) groups is 1. The Morgan fingerprint density at radius 1 is 1.22 bits per heavy atom. The van der Waals surface area contributed by atoms with E-state index in [1.807, 2.05) is 43.3 Å². The Kier molecular flexibility index (Phi) is 4.23. The van der Waals surface area contributed by atoms with Crippen molar-refractivity contribution >= 4 is 22.8 Å². The molecule has 1 aliphatic heterocycles. The predicted molar refractivity (Wildman–Crippen MR) is 108 cm³/mol. The van der Waals surface area contributed by atoms with Crippen LogP contribution in [-0.4, -0.2) is 43.9 Å². The minimum atomic E-state index is -0.0629. The topological polar surface area (TPSA) is 73.9 Å². The average molecular weight is 363 g/mol. The number of fused-ring (bicyclic) bond motifs is 1. The normalized spacial score (nSPS) is 17.7. The number of aryl methyl sites for hydroxylation is 1. The minimum Gasteiger partial charge on any atom is -0.337 e. The Bertz CT molecular complexity index is 1000. The Morgan fingerprint density at radius 2 is 2.04 bits per heavy atom. The van der Waals surface area contributed by atoms with E-state index in [9.17, 15) is 4.79 Å². The van der Waals surface area contributed by atoms with E-state index in [4.69, 9.17) is 0 Å². The quantitative estimate of drug-likeness (QED) is 0.743. The van der Waals surface area contributed by atoms with E-state index < -0.39 is 0 Å². The predicted octanol–water partition coefficient (Wildman–Crippen LogP) is 3.74. The molecule has 140 valence electrons. The number of H-pyrrole nitrogens is 1. The largest absolute Gasteiger partial charge is 0.337 e. The number of aromatic amines is 1. The number of aromatic nitrogens is 3. The van der Waals surface area contributed by atoms with Gasteiger partial charge in [-0.15, -0.1) is 0 Å². The van der Waals surface area contributed by atoms with Crippen molar-refractivity contribution in [2.24, 2.45) is 0 Å². The molecule has 0 spiro atoms. The highest BCUT2D eigenvalue weighted by atomic mass is 16.2. The molecule has 1 amide bonds. The number of hydrogen-bond acceptors (Lipinski definition) is 4. The highest BCUT2D eigenvalue weighted by molar-refractivity contribution is 5.96. The second-order valence-corrected chi connectivity index (χ2v) is 8.15. The van der Waals surface area contributed by atoms with E-state index in [1.165, 1.54) is 0 Å². The van der Waals surface area contributed by atoms with Crippen LogP contribution in [0.1, 0.15) is 32.9 Å². The monoisotopic (exact) mass is 363 g/mol. The zero-order valence-corrected chi connectivity index (χ0v) is 16.2. The number of pyridine rings is 1. The number of benzene rings is 1. The van der Waals surface area contributed by atoms with Gasteiger partial charge in [0.2, 0.25) is 5.91 Å². The first kappa shape index (κ1) is 17.7. The van der Waals surface area contributed by atoms with Gasteiger partial charge in [-0.05, 0) is 58.4 Å². The first-order chi connectivity index (χ1) is 12.8. The van der Waals surface area contributed by atoms with Gasteiger partial charge in [-0.3, -0.25) is 9.69 Å². The standard InChI is InChI=1S/C21H25N5O/c1-13-8-9-16-19(22-13)25-18(24-16)14-6-5-7-15(12-14)23-20(27)17-10-11-26(17)21(2,3)4/h5-9,12,17H,10-11H2,1-4H3,(H,23,27)(H,22,24,25). The number of carbonyl (C=O) groups excluding carboxylic acids is 1. The lowest BCUT2D eigenvalue weighted by Crippen LogP contribution is -2.61. The smallest absolute Gasteiger partial charge is 0.241 e. The molecule has 1 aliphatic rings. The van der Waals surface area contributed by atoms with Gasteiger partial charge in [0.1, 0.15) is 5.82 Å². The second kappa shape index (κ2) is 6.46. The fourth-order valence-electron chi connectivity index (χ4n) is 3.56. The van der Waals surface area contributed by atoms with Crippen molar-refractivity contribution in [1.29, 1.82) is 0 Å². The Morgan fingerprint density at radius 3 is 2.74 bits per heavy atom. The maximum atomic E-state index is 12.7. The van der Waals surface area contributed by atoms with Crippen LogP contribution >= 0.6 is 0 Å². The summed E-state index contributed by atoms with van der Waals surface area (Å²) in [6, 6.07) is 11.6. The van der Waals surface area contributed by atoms with Gasteiger partial charge in [0.25, 0.3) is 0 Å². The molecule has 2 aromatic heterocycles. The summed E-state index contributed by atoms with van der Waals surface area (Å²) in [4.78, 5) is 27.3. The fourth-order valence-corrected chi connectivity index (χ4v) is 3.56. The lowest BCUT2D eigenvalue weighted by molar-refractivity contribution is -0.129. The lowest BCUT2D eigenvalue weighted by atomic mass is 9.93. The highest BCUT2D eigenvalue weighted by Crippen LogP contribution is 2.29. The Labute approximate surface area is 159 Å². The summed E-state index contributed by atoms with van der Waals surface area (Å²) in [5, 5.41) is 3.06. The average Bonchev–Trinajstić information content (AvgIpc) is 2.95. The molecular weight excluding hydrogens is 338 g/mol. The lowest BCUT2D eigenvalue weighted by Gasteiger charge is -2.48. The minimum absolute atomic E-state index is 0.00150. The van der Waals surface area contributed by atoms with E-state index in [2.05, 4.69) is 45.9 Å². The van der Waals surface area contributed by atoms with Crippen molar-refractivity contribution < 1.29 is 4.79 Å². The summed E-state index contributed by atoms with van der Waals surface area (Å²) in [5.74, 6) is 0.800. The number of amides is 1. The summed E-state index contributed by atoms with van der Waals surface area (Å²) < 4.78 is 0. The molecule has 0 radical (unpaired) electrons. The Hall–Kier alpha value is -2.73. The summed E-state index contributed by atoms with van der Waals surface area (Å²) >= 11 is 0. The van der Waals surface area contributed by atoms with Crippen molar-refractivity contribution in [1.82, 2.24) is 19.9 Å². The maximum Gasteiger partial charge on any atom is 0.241 e. The third kappa shape index (κ3) is 3.45. The first-order valence-electron chi connectivity index (χ1n) is 9.33. The molecule has 1 aromatic carbocycles. The molecule has 6 nitrogen and oxygen atoms in total. The van der Waals surface area contributed by atoms with E-state index in [1.54, 1.807) is 0 Å². The molecule has 0 aliphatic carbocycles. The summed E-state index contributed by atoms with van der Waals surface area (Å²) in [5.41, 5.74) is 4.25. The van der Waals surface area contributed by atoms with Gasteiger partial charge >= 0.3 is 0 Å². The van der Waals surface area contributed by atoms with Gasteiger partial charge < -0.3 is 10.3 Å². The molecule has 6 heteroatoms. The van der Waals surface area contributed by atoms with E-state index in [0.29, 0.717) is 5.65 Å². The summed E-state index contributed by atoms with van der Waals surface area (Å²) in [6.45, 7) is 9.34. The molecule has 27 heavy (non-hydrogen) atoms. The third-order valence-corrected chi connectivity index (χ3v) is 5.07. The molecule has 3 heterocycles. The Balaban J connectivity index is 1.54. The number of anilines is 1. The number of likely N-dealkylation sites (tertiary alicyclic amines) is 1. The summed E-state index contributed by atoms with van der Waals surface area (Å²) in [7, 11) is 0. The van der Waals surface area contributed by atoms with Crippen molar-refractivity contribution in [2.45, 2.75) is 45.7 Å². The number of rotatable bonds is 3. The van der Waals surface area contributed by atoms with Crippen molar-refractivity contribution in [3.63, 3.8) is 0 Å². The van der Waals surface area contributed by atoms with Gasteiger partial charge in [-0.25, -0.2) is 9.97 Å². The third-order valence-electron chi connectivity index (χ3n) is 5.07. The molecule has 4 rings (SSSR count). The van der Waals surface area contributed by atoms with Crippen LogP contribution in [0, 0.1) is 6.92 Å². The molecule has 1 unspecified atom stereocenters. The van der Waals surface area contributed by atoms with Gasteiger partial charge in [0, 0.05) is 29.0 Å². The van der Waals surface area contributed by atoms with Crippen LogP contribution in [0.25, 0.3) is 22.6 Å². The van der Waals surface area contributed by atoms with Crippen LogP contribution in [0.3, 0.4) is 0 Å². The molecule has 1 saturated heterocycles. The molecular formula is C21H25N5O. The van der Waals surface area contributed by atoms with Crippen molar-refractivity contribution in [3.05, 3.63) is 42.1 Å². The number of imidazole rings is 1. The molecule has 0 saturated carbocycles. The van der Waals surface area contributed by atoms with Gasteiger partial charge in [-0.2, -0.15) is 0 Å². The zero-order valence-electron chi connectivity index (χ0n) is 16.2. The van der Waals surface area contributed by atoms with Gasteiger partial charge in [0.05, 0.1) is 11.6 Å². The van der Waals surface area contributed by atoms with Crippen LogP contribution in [0.4, 0.5) is 5.69 Å². The van der Waals surface area contributed by atoms with Crippen LogP contribution in [0.5, 0.6) is 0 Å². The molecule has 1 fully saturated rings. The van der Waals surface area contributed by atoms with E-state index >= 15 is 0 Å². The summed E-state index contributed by atoms with van der Waals surface area (Å²) in [6.07, 6.45) is 0.900. The number of nitrogens with one attached hydrogen (secondary N) is 2. The van der Waals surface area contributed by atoms with Crippen LogP contribution in [0.15, 0.2) is 36.4 Å². The second-order valence-electron chi connectivity index (χ2n) is 8.15. The SMILES string of the molecule is Cc1ccc2[nH]c(-c3cccc(NC(=O)C4CCN4C(C)(C)C)c3)nc2n1. The molecule has 2 N–H and O–H groups in total. The number of hydrogen-bond donors (Lipinski definition) is 2. The van der Waals surface area contributed by atoms with E-state index in [-0.39, 0.29) is 17.5 Å². The van der Waals surface area contributed by atoms with Crippen LogP contribution in [-0.2, 0) is 4.79 Å². The molecule has 1 atom stereocenters. The molecule has 0 bridgehead atoms. The van der Waals surface area contributed by atoms with Crippen molar-refractivity contribution in [3.8, 4) is 11.4 Å². The van der Waals surface area contributed by atoms with Crippen LogP contribution in [0.2, 0.25) is 0 Å². The highest BCUT2D eigenvalue weighted by Gasteiger charge is 2.40. The van der Waals surface area contributed by atoms with Crippen LogP contribution < -0.4 is 5.32 Å². The fraction of sp³-hybridized carbons (Fsp3) is 0.381. The van der Waals surface area contributed by atoms with E-state index in [0.717, 1.165) is 41.3 Å². The first-order valence-corrected chi connectivity index (χ1v) is 9.33. The number of nitrogens with zero attached hydrogens (tertiary/aromatic N) is 3. The zero-order chi connectivity index (χ0) is 19.2. The van der Waals surface area contributed by atoms with Gasteiger partial charge in [-0.1, -0.05) is 12.1 Å². The van der Waals surface area contributed by atoms with Crippen molar-refractivity contribution in [2.75, 3.05) is 11.9 Å². The molecule has 3 aromatic rings. The maximum absolute atomic E-state index is 12.7.